The number of halogens is 8. The first-order valence-electron chi connectivity index (χ1n) is 18.7. The van der Waals surface area contributed by atoms with Crippen LogP contribution in [0, 0.1) is 46.3 Å². The molecule has 5 saturated carbocycles. The maximum atomic E-state index is 9.75. The predicted molar refractivity (Wildman–Crippen MR) is 189 cm³/mol. The van der Waals surface area contributed by atoms with E-state index in [-0.39, 0.29) is 0 Å². The predicted octanol–water partition coefficient (Wildman–Crippen LogP) is 9.39. The van der Waals surface area contributed by atoms with Crippen molar-refractivity contribution < 1.29 is 53.1 Å². The van der Waals surface area contributed by atoms with E-state index in [9.17, 15) is 34.5 Å². The van der Waals surface area contributed by atoms with E-state index in [2.05, 4.69) is 98.3 Å². The third-order valence-corrected chi connectivity index (χ3v) is 15.5. The van der Waals surface area contributed by atoms with Crippen LogP contribution in [-0.4, -0.2) is 28.7 Å². The van der Waals surface area contributed by atoms with Gasteiger partial charge in [0.1, 0.15) is 25.6 Å². The molecule has 286 valence electrons. The van der Waals surface area contributed by atoms with Gasteiger partial charge in [0.15, 0.2) is 24.8 Å². The van der Waals surface area contributed by atoms with E-state index in [4.69, 9.17) is 9.47 Å². The molecule has 7 aliphatic carbocycles. The summed E-state index contributed by atoms with van der Waals surface area (Å²) in [4.78, 5) is 0. The number of rotatable bonds is 2. The van der Waals surface area contributed by atoms with Crippen LogP contribution in [-0.2, 0) is 14.1 Å². The Balaban J connectivity index is 0.000000345. The Hall–Kier alpha value is -3.83. The van der Waals surface area contributed by atoms with Crippen LogP contribution in [0.5, 0.6) is 11.5 Å². The van der Waals surface area contributed by atoms with E-state index in [0.29, 0.717) is 34.5 Å². The molecule has 12 atom stereocenters. The van der Waals surface area contributed by atoms with Crippen molar-refractivity contribution in [1.82, 2.24) is 0 Å². The van der Waals surface area contributed by atoms with Crippen molar-refractivity contribution in [1.29, 1.82) is 0 Å². The van der Waals surface area contributed by atoms with Gasteiger partial charge in [-0.3, -0.25) is 0 Å². The van der Waals surface area contributed by atoms with E-state index in [0.717, 1.165) is 47.0 Å². The fourth-order valence-electron chi connectivity index (χ4n) is 14.7. The summed E-state index contributed by atoms with van der Waals surface area (Å²) in [6, 6.07) is 13.6. The van der Waals surface area contributed by atoms with Crippen LogP contribution in [0.3, 0.4) is 0 Å². The standard InChI is InChI=1S/C40H42N2O2.2BF4/c1-39-33-23-15-24(30-28-18-42(4)14-12-20(28)19-11-13-41(3)17-27(19)29(23)30)34(33)40(39,2)36-26-16-25(35(36)39)31-32(26)38(44-6)22-10-8-7-9-21(22)37(31)43-5;2*2-1(3,4)5/h7-14,17-18,23-26,29-30,33-36H,15-16H2,1-6H3;;/q+2;2*-1/t23-,24+,25+,26-,29-,30+,33-,34+,35+,36-,39-,40+;;. The molecule has 0 spiro atoms. The normalized spacial score (nSPS) is 36.3. The largest absolute Gasteiger partial charge is 0.673 e. The summed E-state index contributed by atoms with van der Waals surface area (Å²) < 4.78 is 95.2. The molecule has 11 rings (SSSR count). The average Bonchev–Trinajstić information content (AvgIpc) is 3.86. The molecule has 2 heterocycles. The molecule has 4 nitrogen and oxygen atoms in total. The van der Waals surface area contributed by atoms with Gasteiger partial charge in [-0.1, -0.05) is 38.1 Å². The van der Waals surface area contributed by atoms with Gasteiger partial charge in [-0.05, 0) is 82.1 Å². The number of methoxy groups -OCH3 is 2. The molecule has 14 heteroatoms. The SMILES string of the molecule is COc1c2c(c(OC)c3ccccc13)[C@@H]1C[C@H]2[C@@H]2[C@H]1[C@@]1(C)[C@@H]3[C@@H]4C[C@@H]([C@H]5c6c[n+](C)ccc6-c6cc[n+](C)cc6[C@@H]45)[C@@H]3[C@@]21C.F[B-](F)(F)F.F[B-](F)(F)F. The van der Waals surface area contributed by atoms with Crippen LogP contribution in [0.2, 0.25) is 0 Å². The smallest absolute Gasteiger partial charge is 0.496 e. The minimum Gasteiger partial charge on any atom is -0.496 e. The molecule has 2 aromatic carbocycles. The van der Waals surface area contributed by atoms with Gasteiger partial charge in [-0.25, -0.2) is 9.13 Å². The molecule has 0 aliphatic heterocycles. The molecular weight excluding hydrogens is 714 g/mol. The molecule has 0 unspecified atom stereocenters. The Labute approximate surface area is 309 Å². The van der Waals surface area contributed by atoms with Crippen LogP contribution >= 0.6 is 0 Å². The van der Waals surface area contributed by atoms with Crippen molar-refractivity contribution >= 4 is 25.3 Å². The summed E-state index contributed by atoms with van der Waals surface area (Å²) >= 11 is 0. The molecule has 0 saturated heterocycles. The van der Waals surface area contributed by atoms with Crippen LogP contribution in [0.4, 0.5) is 34.5 Å². The van der Waals surface area contributed by atoms with Crippen molar-refractivity contribution in [2.45, 2.75) is 50.4 Å². The first-order valence-corrected chi connectivity index (χ1v) is 18.7. The molecular formula is C40H42B2F8N2O2. The highest BCUT2D eigenvalue weighted by molar-refractivity contribution is 6.50. The summed E-state index contributed by atoms with van der Waals surface area (Å²) in [5.74, 6) is 9.42. The Morgan fingerprint density at radius 3 is 1.31 bits per heavy atom. The zero-order valence-corrected chi connectivity index (χ0v) is 30.9. The first-order chi connectivity index (χ1) is 25.3. The lowest BCUT2D eigenvalue weighted by molar-refractivity contribution is -0.672. The zero-order valence-electron chi connectivity index (χ0n) is 30.9. The molecule has 7 aliphatic rings. The number of pyridine rings is 2. The highest BCUT2D eigenvalue weighted by Gasteiger charge is 2.90. The molecule has 4 bridgehead atoms. The van der Waals surface area contributed by atoms with E-state index in [1.807, 2.05) is 14.2 Å². The number of benzene rings is 2. The number of hydrogen-bond acceptors (Lipinski definition) is 2. The van der Waals surface area contributed by atoms with Crippen molar-refractivity contribution in [3.8, 4) is 22.6 Å². The van der Waals surface area contributed by atoms with E-state index in [1.165, 1.54) is 45.9 Å². The monoisotopic (exact) mass is 756 g/mol. The number of hydrogen-bond donors (Lipinski definition) is 0. The van der Waals surface area contributed by atoms with Crippen LogP contribution < -0.4 is 18.6 Å². The number of aromatic nitrogens is 2. The van der Waals surface area contributed by atoms with E-state index in [1.54, 1.807) is 11.1 Å². The second-order valence-electron chi connectivity index (χ2n) is 17.1. The topological polar surface area (TPSA) is 26.2 Å². The van der Waals surface area contributed by atoms with Crippen LogP contribution in [0.1, 0.15) is 72.6 Å². The maximum absolute atomic E-state index is 9.75. The summed E-state index contributed by atoms with van der Waals surface area (Å²) in [6.07, 6.45) is 12.2. The third kappa shape index (κ3) is 4.51. The second kappa shape index (κ2) is 11.4. The van der Waals surface area contributed by atoms with Crippen molar-refractivity contribution in [3.05, 3.63) is 83.4 Å². The summed E-state index contributed by atoms with van der Waals surface area (Å²) in [6.45, 7) is 5.50. The minimum absolute atomic E-state index is 0.395. The Kier molecular flexibility index (Phi) is 7.55. The minimum atomic E-state index is -6.00. The van der Waals surface area contributed by atoms with Crippen LogP contribution in [0.25, 0.3) is 21.9 Å². The van der Waals surface area contributed by atoms with Crippen molar-refractivity contribution in [2.75, 3.05) is 14.2 Å². The van der Waals surface area contributed by atoms with Crippen LogP contribution in [0.15, 0.2) is 61.2 Å². The number of ether oxygens (including phenoxy) is 2. The lowest BCUT2D eigenvalue weighted by Crippen LogP contribution is -2.80. The average molecular weight is 756 g/mol. The molecule has 5 fully saturated rings. The van der Waals surface area contributed by atoms with E-state index >= 15 is 0 Å². The Bertz CT molecular complexity index is 2070. The summed E-state index contributed by atoms with van der Waals surface area (Å²) in [5, 5.41) is 2.43. The highest BCUT2D eigenvalue weighted by Crippen LogP contribution is 2.96. The van der Waals surface area contributed by atoms with Gasteiger partial charge in [-0.15, -0.1) is 0 Å². The van der Waals surface area contributed by atoms with Crippen molar-refractivity contribution in [2.24, 2.45) is 60.4 Å². The maximum Gasteiger partial charge on any atom is 0.673 e. The fourth-order valence-corrected chi connectivity index (χ4v) is 14.7. The van der Waals surface area contributed by atoms with Gasteiger partial charge in [0.05, 0.1) is 14.2 Å². The lowest BCUT2D eigenvalue weighted by atomic mass is 9.19. The highest BCUT2D eigenvalue weighted by atomic mass is 19.5. The van der Waals surface area contributed by atoms with Gasteiger partial charge in [-0.2, -0.15) is 0 Å². The summed E-state index contributed by atoms with van der Waals surface area (Å²) in [5.41, 5.74) is 10.0. The Morgan fingerprint density at radius 1 is 0.593 bits per heavy atom. The van der Waals surface area contributed by atoms with Gasteiger partial charge in [0.25, 0.3) is 0 Å². The molecule has 0 N–H and O–H groups in total. The van der Waals surface area contributed by atoms with Gasteiger partial charge in [0, 0.05) is 57.0 Å². The number of fused-ring (bicyclic) bond motifs is 27. The van der Waals surface area contributed by atoms with Gasteiger partial charge in [0.2, 0.25) is 0 Å². The molecule has 2 aromatic heterocycles. The first kappa shape index (κ1) is 35.8. The Morgan fingerprint density at radius 2 is 0.963 bits per heavy atom. The molecule has 4 aromatic rings. The fraction of sp³-hybridized carbons (Fsp3) is 0.500. The number of nitrogens with zero attached hydrogens (tertiary/aromatic N) is 2. The lowest BCUT2D eigenvalue weighted by Gasteiger charge is -2.85. The van der Waals surface area contributed by atoms with E-state index < -0.39 is 14.5 Å². The van der Waals surface area contributed by atoms with Crippen molar-refractivity contribution in [3.63, 3.8) is 0 Å². The van der Waals surface area contributed by atoms with Gasteiger partial charge < -0.3 is 44.0 Å². The second-order valence-corrected chi connectivity index (χ2v) is 17.1. The van der Waals surface area contributed by atoms with Gasteiger partial charge >= 0.3 is 14.5 Å². The quantitative estimate of drug-likeness (QED) is 0.0671. The third-order valence-electron chi connectivity index (χ3n) is 15.5. The molecule has 54 heavy (non-hydrogen) atoms. The zero-order chi connectivity index (χ0) is 38.6. The molecule has 0 amide bonds. The summed E-state index contributed by atoms with van der Waals surface area (Å²) in [7, 11) is -3.80. The molecule has 0 radical (unpaired) electrons. The number of aryl methyl sites for hydroxylation is 2.